The standard InChI is InChI=1S/C23H27FN4O3S/c1-25-23-12-17-6-7-19(13-21(17)22(23)11-16-4-3-5-18(24)10-16)31-9-8-27-32(29,30)20-14-26-28(2)15-20/h3-7,10,13-15,22-23,25,27H,8-9,11-12H2,1-2H3. The number of hydrogen-bond donors (Lipinski definition) is 2. The van der Waals surface area contributed by atoms with Gasteiger partial charge in [-0.2, -0.15) is 5.10 Å². The molecule has 0 spiro atoms. The summed E-state index contributed by atoms with van der Waals surface area (Å²) in [5, 5.41) is 7.27. The molecule has 2 aromatic carbocycles. The Kier molecular flexibility index (Phi) is 6.59. The molecule has 0 amide bonds. The molecule has 1 aromatic heterocycles. The number of likely N-dealkylation sites (N-methyl/N-ethyl adjacent to an activating group) is 1. The summed E-state index contributed by atoms with van der Waals surface area (Å²) in [6.45, 7) is 0.336. The molecule has 0 saturated heterocycles. The molecule has 0 aliphatic heterocycles. The van der Waals surface area contributed by atoms with Crippen molar-refractivity contribution in [1.82, 2.24) is 19.8 Å². The van der Waals surface area contributed by atoms with Crippen LogP contribution in [0.4, 0.5) is 4.39 Å². The van der Waals surface area contributed by atoms with E-state index >= 15 is 0 Å². The molecule has 0 fully saturated rings. The molecule has 2 atom stereocenters. The zero-order valence-electron chi connectivity index (χ0n) is 18.1. The molecule has 1 heterocycles. The van der Waals surface area contributed by atoms with Gasteiger partial charge in [0, 0.05) is 31.7 Å². The van der Waals surface area contributed by atoms with Gasteiger partial charge in [-0.3, -0.25) is 4.68 Å². The molecule has 32 heavy (non-hydrogen) atoms. The van der Waals surface area contributed by atoms with Crippen LogP contribution in [0.5, 0.6) is 5.75 Å². The van der Waals surface area contributed by atoms with Crippen LogP contribution >= 0.6 is 0 Å². The van der Waals surface area contributed by atoms with Crippen LogP contribution < -0.4 is 14.8 Å². The number of aromatic nitrogens is 2. The van der Waals surface area contributed by atoms with Crippen molar-refractivity contribution in [2.75, 3.05) is 20.2 Å². The van der Waals surface area contributed by atoms with Gasteiger partial charge in [0.05, 0.1) is 6.20 Å². The van der Waals surface area contributed by atoms with Crippen LogP contribution in [0.1, 0.15) is 22.6 Å². The quantitative estimate of drug-likeness (QED) is 0.481. The predicted molar refractivity (Wildman–Crippen MR) is 120 cm³/mol. The van der Waals surface area contributed by atoms with Crippen molar-refractivity contribution < 1.29 is 17.5 Å². The highest BCUT2D eigenvalue weighted by Gasteiger charge is 2.32. The Morgan fingerprint density at radius 2 is 2.09 bits per heavy atom. The third-order valence-corrected chi connectivity index (χ3v) is 7.23. The van der Waals surface area contributed by atoms with E-state index < -0.39 is 10.0 Å². The van der Waals surface area contributed by atoms with E-state index in [-0.39, 0.29) is 35.8 Å². The number of halogens is 1. The second kappa shape index (κ2) is 9.40. The zero-order valence-corrected chi connectivity index (χ0v) is 18.9. The number of benzene rings is 2. The van der Waals surface area contributed by atoms with Gasteiger partial charge in [-0.1, -0.05) is 18.2 Å². The summed E-state index contributed by atoms with van der Waals surface area (Å²) >= 11 is 0. The number of aryl methyl sites for hydroxylation is 1. The summed E-state index contributed by atoms with van der Waals surface area (Å²) in [7, 11) is -0.00505. The summed E-state index contributed by atoms with van der Waals surface area (Å²) in [6.07, 6.45) is 4.38. The van der Waals surface area contributed by atoms with Gasteiger partial charge in [-0.15, -0.1) is 0 Å². The van der Waals surface area contributed by atoms with E-state index in [1.54, 1.807) is 19.2 Å². The van der Waals surface area contributed by atoms with Crippen molar-refractivity contribution >= 4 is 10.0 Å². The third-order valence-electron chi connectivity index (χ3n) is 5.81. The fraction of sp³-hybridized carbons (Fsp3) is 0.348. The van der Waals surface area contributed by atoms with E-state index in [1.807, 2.05) is 25.2 Å². The Morgan fingerprint density at radius 1 is 1.25 bits per heavy atom. The smallest absolute Gasteiger partial charge is 0.243 e. The highest BCUT2D eigenvalue weighted by molar-refractivity contribution is 7.89. The minimum absolute atomic E-state index is 0.121. The first-order chi connectivity index (χ1) is 15.4. The van der Waals surface area contributed by atoms with Gasteiger partial charge in [0.25, 0.3) is 0 Å². The number of fused-ring (bicyclic) bond motifs is 1. The monoisotopic (exact) mass is 458 g/mol. The average molecular weight is 459 g/mol. The number of nitrogens with one attached hydrogen (secondary N) is 2. The Bertz CT molecular complexity index is 1200. The molecule has 1 aliphatic carbocycles. The van der Waals surface area contributed by atoms with Crippen molar-refractivity contribution in [3.8, 4) is 5.75 Å². The minimum Gasteiger partial charge on any atom is -0.492 e. The zero-order chi connectivity index (χ0) is 22.7. The van der Waals surface area contributed by atoms with Crippen molar-refractivity contribution in [2.45, 2.75) is 29.7 Å². The first kappa shape index (κ1) is 22.4. The van der Waals surface area contributed by atoms with Crippen LogP contribution in [0.15, 0.2) is 59.8 Å². The molecular formula is C23H27FN4O3S. The number of sulfonamides is 1. The second-order valence-corrected chi connectivity index (χ2v) is 9.76. The van der Waals surface area contributed by atoms with E-state index in [9.17, 15) is 12.8 Å². The normalized spacial score (nSPS) is 18.0. The summed E-state index contributed by atoms with van der Waals surface area (Å²) in [4.78, 5) is 0.121. The van der Waals surface area contributed by atoms with E-state index in [2.05, 4.69) is 21.2 Å². The lowest BCUT2D eigenvalue weighted by Gasteiger charge is -2.20. The number of hydrogen-bond acceptors (Lipinski definition) is 5. The van der Waals surface area contributed by atoms with Crippen LogP contribution in [0, 0.1) is 5.82 Å². The SMILES string of the molecule is CNC1Cc2ccc(OCCNS(=O)(=O)c3cnn(C)c3)cc2C1Cc1cccc(F)c1. The number of nitrogens with zero attached hydrogens (tertiary/aromatic N) is 2. The summed E-state index contributed by atoms with van der Waals surface area (Å²) in [5.74, 6) is 0.655. The van der Waals surface area contributed by atoms with Gasteiger partial charge in [-0.25, -0.2) is 17.5 Å². The van der Waals surface area contributed by atoms with Crippen molar-refractivity contribution in [3.05, 3.63) is 77.4 Å². The van der Waals surface area contributed by atoms with Gasteiger partial charge in [0.2, 0.25) is 10.0 Å². The summed E-state index contributed by atoms with van der Waals surface area (Å²) < 4.78 is 48.0. The van der Waals surface area contributed by atoms with Crippen LogP contribution in [0.2, 0.25) is 0 Å². The van der Waals surface area contributed by atoms with Gasteiger partial charge < -0.3 is 10.1 Å². The van der Waals surface area contributed by atoms with Crippen LogP contribution in [-0.4, -0.2) is 44.4 Å². The Balaban J connectivity index is 1.40. The van der Waals surface area contributed by atoms with Gasteiger partial charge in [-0.05, 0) is 60.8 Å². The predicted octanol–water partition coefficient (Wildman–Crippen LogP) is 2.39. The highest BCUT2D eigenvalue weighted by Crippen LogP contribution is 2.38. The topological polar surface area (TPSA) is 85.2 Å². The molecule has 7 nitrogen and oxygen atoms in total. The maximum Gasteiger partial charge on any atom is 0.243 e. The fourth-order valence-corrected chi connectivity index (χ4v) is 5.22. The maximum absolute atomic E-state index is 13.7. The summed E-state index contributed by atoms with van der Waals surface area (Å²) in [5.41, 5.74) is 3.39. The Hall–Kier alpha value is -2.75. The molecule has 1 aliphatic rings. The van der Waals surface area contributed by atoms with Gasteiger partial charge in [0.15, 0.2) is 0 Å². The largest absolute Gasteiger partial charge is 0.492 e. The van der Waals surface area contributed by atoms with E-state index in [0.29, 0.717) is 5.75 Å². The lowest BCUT2D eigenvalue weighted by atomic mass is 9.91. The van der Waals surface area contributed by atoms with E-state index in [4.69, 9.17) is 4.74 Å². The van der Waals surface area contributed by atoms with E-state index in [0.717, 1.165) is 18.4 Å². The lowest BCUT2D eigenvalue weighted by molar-refractivity contribution is 0.322. The third kappa shape index (κ3) is 5.01. The minimum atomic E-state index is -3.61. The van der Waals surface area contributed by atoms with Crippen molar-refractivity contribution in [1.29, 1.82) is 0 Å². The molecule has 0 bridgehead atoms. The van der Waals surface area contributed by atoms with Crippen LogP contribution in [0.25, 0.3) is 0 Å². The molecule has 3 aromatic rings. The molecule has 9 heteroatoms. The van der Waals surface area contributed by atoms with Crippen molar-refractivity contribution in [2.24, 2.45) is 7.05 Å². The number of rotatable bonds is 9. The van der Waals surface area contributed by atoms with E-state index in [1.165, 1.54) is 34.3 Å². The number of ether oxygens (including phenoxy) is 1. The molecule has 170 valence electrons. The van der Waals surface area contributed by atoms with Gasteiger partial charge in [0.1, 0.15) is 23.1 Å². The molecule has 0 saturated carbocycles. The molecule has 0 radical (unpaired) electrons. The maximum atomic E-state index is 13.7. The molecule has 2 N–H and O–H groups in total. The molecule has 4 rings (SSSR count). The summed E-state index contributed by atoms with van der Waals surface area (Å²) in [6, 6.07) is 13.0. The van der Waals surface area contributed by atoms with Crippen LogP contribution in [0.3, 0.4) is 0 Å². The highest BCUT2D eigenvalue weighted by atomic mass is 32.2. The van der Waals surface area contributed by atoms with Crippen molar-refractivity contribution in [3.63, 3.8) is 0 Å². The Labute approximate surface area is 187 Å². The first-order valence-electron chi connectivity index (χ1n) is 10.5. The van der Waals surface area contributed by atoms with Crippen LogP contribution in [-0.2, 0) is 29.9 Å². The Morgan fingerprint density at radius 3 is 2.81 bits per heavy atom. The molecule has 2 unspecified atom stereocenters. The second-order valence-electron chi connectivity index (χ2n) is 8.00. The fourth-order valence-electron chi connectivity index (χ4n) is 4.23. The van der Waals surface area contributed by atoms with Gasteiger partial charge >= 0.3 is 0 Å². The average Bonchev–Trinajstić information content (AvgIpc) is 3.35. The lowest BCUT2D eigenvalue weighted by Crippen LogP contribution is -2.30. The first-order valence-corrected chi connectivity index (χ1v) is 12.0. The molecular weight excluding hydrogens is 431 g/mol.